The van der Waals surface area contributed by atoms with Crippen LogP contribution in [0.4, 0.5) is 15.8 Å². The van der Waals surface area contributed by atoms with Gasteiger partial charge in [-0.25, -0.2) is 9.38 Å². The molecular formula is C28H28FN3O5S. The van der Waals surface area contributed by atoms with Gasteiger partial charge in [-0.3, -0.25) is 14.5 Å². The molecule has 1 aliphatic rings. The Morgan fingerprint density at radius 3 is 2.34 bits per heavy atom. The number of amidine groups is 1. The average molecular weight is 538 g/mol. The van der Waals surface area contributed by atoms with Crippen LogP contribution in [0.2, 0.25) is 0 Å². The van der Waals surface area contributed by atoms with Gasteiger partial charge in [0.1, 0.15) is 16.8 Å². The number of carbonyl (C=O) groups is 2. The molecule has 4 rings (SSSR count). The molecule has 1 N–H and O–H groups in total. The molecule has 1 aliphatic heterocycles. The summed E-state index contributed by atoms with van der Waals surface area (Å²) in [5, 5.41) is 2.59. The van der Waals surface area contributed by atoms with Crippen molar-refractivity contribution < 1.29 is 28.2 Å². The Kier molecular flexibility index (Phi) is 8.85. The molecule has 1 heterocycles. The lowest BCUT2D eigenvalue weighted by Crippen LogP contribution is -2.35. The van der Waals surface area contributed by atoms with Gasteiger partial charge in [0, 0.05) is 18.7 Å². The molecule has 8 nitrogen and oxygen atoms in total. The summed E-state index contributed by atoms with van der Waals surface area (Å²) in [5.74, 6) is 0.997. The number of anilines is 1. The van der Waals surface area contributed by atoms with Gasteiger partial charge in [0.15, 0.2) is 16.7 Å². The molecular weight excluding hydrogens is 509 g/mol. The number of nitrogens with zero attached hydrogens (tertiary/aromatic N) is 2. The van der Waals surface area contributed by atoms with Crippen molar-refractivity contribution in [3.05, 3.63) is 78.1 Å². The van der Waals surface area contributed by atoms with Gasteiger partial charge in [0.2, 0.25) is 11.8 Å². The minimum absolute atomic E-state index is 0.0463. The van der Waals surface area contributed by atoms with Crippen LogP contribution in [0.1, 0.15) is 12.0 Å². The molecule has 1 fully saturated rings. The summed E-state index contributed by atoms with van der Waals surface area (Å²) in [6, 6.07) is 18.3. The van der Waals surface area contributed by atoms with Crippen molar-refractivity contribution in [1.82, 2.24) is 4.90 Å². The number of thioether (sulfide) groups is 1. The maximum atomic E-state index is 13.4. The number of carbonyl (C=O) groups excluding carboxylic acids is 2. The van der Waals surface area contributed by atoms with Gasteiger partial charge in [-0.2, -0.15) is 0 Å². The van der Waals surface area contributed by atoms with Gasteiger partial charge in [0.25, 0.3) is 0 Å². The summed E-state index contributed by atoms with van der Waals surface area (Å²) in [6.45, 7) is 0.367. The lowest BCUT2D eigenvalue weighted by atomic mass is 10.1. The Hall–Kier alpha value is -4.05. The fourth-order valence-corrected chi connectivity index (χ4v) is 5.07. The molecule has 3 aromatic carbocycles. The monoisotopic (exact) mass is 537 g/mol. The van der Waals surface area contributed by atoms with E-state index in [-0.39, 0.29) is 18.2 Å². The predicted octanol–water partition coefficient (Wildman–Crippen LogP) is 5.05. The van der Waals surface area contributed by atoms with Crippen LogP contribution in [0.3, 0.4) is 0 Å². The van der Waals surface area contributed by atoms with E-state index in [0.29, 0.717) is 46.8 Å². The van der Waals surface area contributed by atoms with E-state index in [2.05, 4.69) is 5.32 Å². The first-order valence-electron chi connectivity index (χ1n) is 11.9. The van der Waals surface area contributed by atoms with Crippen LogP contribution in [0.15, 0.2) is 71.7 Å². The molecule has 198 valence electrons. The summed E-state index contributed by atoms with van der Waals surface area (Å²) < 4.78 is 29.1. The highest BCUT2D eigenvalue weighted by Crippen LogP contribution is 2.33. The number of rotatable bonds is 10. The number of halogens is 1. The molecule has 0 unspecified atom stereocenters. The van der Waals surface area contributed by atoms with E-state index >= 15 is 0 Å². The van der Waals surface area contributed by atoms with Gasteiger partial charge in [0.05, 0.1) is 27.0 Å². The van der Waals surface area contributed by atoms with Crippen molar-refractivity contribution in [2.75, 3.05) is 33.2 Å². The third-order valence-electron chi connectivity index (χ3n) is 5.89. The maximum absolute atomic E-state index is 13.4. The first-order chi connectivity index (χ1) is 18.4. The molecule has 10 heteroatoms. The number of ether oxygens (including phenoxy) is 3. The zero-order chi connectivity index (χ0) is 27.1. The molecule has 2 amide bonds. The van der Waals surface area contributed by atoms with Crippen LogP contribution >= 0.6 is 11.8 Å². The average Bonchev–Trinajstić information content (AvgIpc) is 3.21. The molecule has 0 bridgehead atoms. The smallest absolute Gasteiger partial charge is 0.242 e. The largest absolute Gasteiger partial charge is 0.497 e. The van der Waals surface area contributed by atoms with Gasteiger partial charge in [-0.05, 0) is 72.6 Å². The van der Waals surface area contributed by atoms with Gasteiger partial charge in [-0.1, -0.05) is 17.8 Å². The van der Waals surface area contributed by atoms with Crippen LogP contribution < -0.4 is 19.5 Å². The topological polar surface area (TPSA) is 89.5 Å². The van der Waals surface area contributed by atoms with Crippen molar-refractivity contribution in [2.24, 2.45) is 4.99 Å². The van der Waals surface area contributed by atoms with E-state index in [4.69, 9.17) is 19.2 Å². The second kappa shape index (κ2) is 12.5. The summed E-state index contributed by atoms with van der Waals surface area (Å²) in [5.41, 5.74) is 2.08. The Morgan fingerprint density at radius 1 is 0.974 bits per heavy atom. The molecule has 0 aromatic heterocycles. The number of amides is 2. The SMILES string of the molecule is COc1ccc(N=C2S[C@@H](CC(=O)Nc3ccc(F)cc3)C(=O)N2CCc2ccc(OC)c(OC)c2)cc1. The summed E-state index contributed by atoms with van der Waals surface area (Å²) >= 11 is 1.25. The Bertz CT molecular complexity index is 1320. The number of hydrogen-bond acceptors (Lipinski definition) is 7. The first-order valence-corrected chi connectivity index (χ1v) is 12.7. The van der Waals surface area contributed by atoms with Crippen LogP contribution in [0.25, 0.3) is 0 Å². The molecule has 38 heavy (non-hydrogen) atoms. The Balaban J connectivity index is 1.52. The zero-order valence-electron chi connectivity index (χ0n) is 21.3. The molecule has 0 spiro atoms. The quantitative estimate of drug-likeness (QED) is 0.389. The second-order valence-corrected chi connectivity index (χ2v) is 9.56. The number of methoxy groups -OCH3 is 3. The molecule has 0 radical (unpaired) electrons. The highest BCUT2D eigenvalue weighted by atomic mass is 32.2. The number of hydrogen-bond donors (Lipinski definition) is 1. The van der Waals surface area contributed by atoms with Crippen LogP contribution in [0.5, 0.6) is 17.2 Å². The van der Waals surface area contributed by atoms with Crippen LogP contribution in [0, 0.1) is 5.82 Å². The second-order valence-electron chi connectivity index (χ2n) is 8.39. The molecule has 1 saturated heterocycles. The lowest BCUT2D eigenvalue weighted by molar-refractivity contribution is -0.128. The maximum Gasteiger partial charge on any atom is 0.242 e. The fraction of sp³-hybridized carbons (Fsp3) is 0.250. The molecule has 0 aliphatic carbocycles. The highest BCUT2D eigenvalue weighted by Gasteiger charge is 2.39. The molecule has 1 atom stereocenters. The Labute approximate surface area is 224 Å². The first kappa shape index (κ1) is 27.0. The summed E-state index contributed by atoms with van der Waals surface area (Å²) in [4.78, 5) is 32.4. The minimum Gasteiger partial charge on any atom is -0.497 e. The van der Waals surface area contributed by atoms with E-state index in [0.717, 1.165) is 5.56 Å². The third kappa shape index (κ3) is 6.63. The van der Waals surface area contributed by atoms with Crippen LogP contribution in [-0.4, -0.2) is 55.0 Å². The van der Waals surface area contributed by atoms with Gasteiger partial charge >= 0.3 is 0 Å². The van der Waals surface area contributed by atoms with E-state index in [1.807, 2.05) is 18.2 Å². The third-order valence-corrected chi connectivity index (χ3v) is 7.06. The number of aliphatic imine (C=N–C) groups is 1. The van der Waals surface area contributed by atoms with E-state index in [1.54, 1.807) is 50.5 Å². The van der Waals surface area contributed by atoms with Crippen molar-refractivity contribution in [2.45, 2.75) is 18.1 Å². The normalized spacial score (nSPS) is 16.0. The standard InChI is InChI=1S/C28H28FN3O5S/c1-35-22-11-9-21(10-12-22)31-28-32(15-14-18-4-13-23(36-2)24(16-18)37-3)27(34)25(38-28)17-26(33)30-20-7-5-19(29)6-8-20/h4-13,16,25H,14-15,17H2,1-3H3,(H,30,33)/t25-/m0/s1. The highest BCUT2D eigenvalue weighted by molar-refractivity contribution is 8.15. The van der Waals surface area contributed by atoms with Crippen molar-refractivity contribution >= 4 is 40.1 Å². The number of nitrogens with one attached hydrogen (secondary N) is 1. The lowest BCUT2D eigenvalue weighted by Gasteiger charge is -2.17. The van der Waals surface area contributed by atoms with E-state index in [1.165, 1.54) is 36.0 Å². The van der Waals surface area contributed by atoms with E-state index < -0.39 is 11.1 Å². The van der Waals surface area contributed by atoms with Crippen molar-refractivity contribution in [3.63, 3.8) is 0 Å². The summed E-state index contributed by atoms with van der Waals surface area (Å²) in [7, 11) is 4.74. The predicted molar refractivity (Wildman–Crippen MR) is 146 cm³/mol. The molecule has 0 saturated carbocycles. The van der Waals surface area contributed by atoms with Crippen molar-refractivity contribution in [3.8, 4) is 17.2 Å². The van der Waals surface area contributed by atoms with Crippen molar-refractivity contribution in [1.29, 1.82) is 0 Å². The summed E-state index contributed by atoms with van der Waals surface area (Å²) in [6.07, 6.45) is 0.498. The minimum atomic E-state index is -0.641. The number of benzene rings is 3. The Morgan fingerprint density at radius 2 is 1.68 bits per heavy atom. The van der Waals surface area contributed by atoms with Gasteiger partial charge < -0.3 is 19.5 Å². The zero-order valence-corrected chi connectivity index (χ0v) is 22.1. The molecule has 3 aromatic rings. The van der Waals surface area contributed by atoms with Crippen LogP contribution in [-0.2, 0) is 16.0 Å². The van der Waals surface area contributed by atoms with E-state index in [9.17, 15) is 14.0 Å². The van der Waals surface area contributed by atoms with Gasteiger partial charge in [-0.15, -0.1) is 0 Å². The fourth-order valence-electron chi connectivity index (χ4n) is 3.89.